The summed E-state index contributed by atoms with van der Waals surface area (Å²) in [7, 11) is 0. The van der Waals surface area contributed by atoms with E-state index in [0.717, 1.165) is 44.9 Å². The molecule has 0 unspecified atom stereocenters. The highest BCUT2D eigenvalue weighted by Crippen LogP contribution is 2.65. The molecule has 124 valence electrons. The molecule has 0 aliphatic heterocycles. The molecular weight excluding hydrogens is 276 g/mol. The van der Waals surface area contributed by atoms with Crippen LogP contribution in [-0.2, 0) is 4.79 Å². The van der Waals surface area contributed by atoms with Crippen LogP contribution in [0.5, 0.6) is 0 Å². The number of carbonyl (C=O) groups excluding carboxylic acids is 1. The van der Waals surface area contributed by atoms with E-state index in [4.69, 9.17) is 0 Å². The summed E-state index contributed by atoms with van der Waals surface area (Å²) in [6, 6.07) is 0. The third kappa shape index (κ3) is 1.97. The lowest BCUT2D eigenvalue weighted by atomic mass is 9.45. The minimum atomic E-state index is -0.208. The molecule has 0 heterocycles. The zero-order chi connectivity index (χ0) is 15.7. The van der Waals surface area contributed by atoms with E-state index >= 15 is 0 Å². The topological polar surface area (TPSA) is 57.5 Å². The maximum Gasteiger partial charge on any atom is 0.137 e. The molecule has 4 rings (SSSR count). The fourth-order valence-corrected chi connectivity index (χ4v) is 7.10. The molecule has 0 amide bonds. The standard InChI is InChI=1S/C19H30O3/c1-18-9-13(21)8-15(18)14-4-3-11-7-12(20)5-6-19(11,2)17(14)16(22)10-18/h11-15,17,20-21H,3-10H2,1-2H3/t11-,12+,13+,14+,15-,17-,18-,19+/m0/s1. The number of hydrogen-bond acceptors (Lipinski definition) is 3. The summed E-state index contributed by atoms with van der Waals surface area (Å²) in [6.45, 7) is 4.56. The van der Waals surface area contributed by atoms with Crippen LogP contribution in [-0.4, -0.2) is 28.2 Å². The molecule has 4 aliphatic rings. The fourth-order valence-electron chi connectivity index (χ4n) is 7.10. The van der Waals surface area contributed by atoms with Gasteiger partial charge in [0, 0.05) is 12.3 Å². The van der Waals surface area contributed by atoms with Crippen LogP contribution in [0.2, 0.25) is 0 Å². The first-order valence-electron chi connectivity index (χ1n) is 9.22. The fraction of sp³-hybridized carbons (Fsp3) is 0.947. The van der Waals surface area contributed by atoms with E-state index < -0.39 is 0 Å². The van der Waals surface area contributed by atoms with Gasteiger partial charge in [0.25, 0.3) is 0 Å². The van der Waals surface area contributed by atoms with Gasteiger partial charge in [-0.2, -0.15) is 0 Å². The zero-order valence-electron chi connectivity index (χ0n) is 13.9. The lowest BCUT2D eigenvalue weighted by Crippen LogP contribution is -2.56. The van der Waals surface area contributed by atoms with Gasteiger partial charge in [-0.25, -0.2) is 0 Å². The monoisotopic (exact) mass is 306 g/mol. The Kier molecular flexibility index (Phi) is 3.30. The number of Topliss-reactive ketones (excluding diaryl/α,β-unsaturated/α-hetero) is 1. The van der Waals surface area contributed by atoms with Crippen molar-refractivity contribution < 1.29 is 15.0 Å². The predicted octanol–water partition coefficient (Wildman–Crippen LogP) is 2.93. The van der Waals surface area contributed by atoms with Crippen LogP contribution in [0.15, 0.2) is 0 Å². The number of aliphatic hydroxyl groups excluding tert-OH is 2. The van der Waals surface area contributed by atoms with E-state index in [1.807, 2.05) is 0 Å². The van der Waals surface area contributed by atoms with Gasteiger partial charge in [0.1, 0.15) is 5.78 Å². The number of hydrogen-bond donors (Lipinski definition) is 2. The van der Waals surface area contributed by atoms with Gasteiger partial charge in [0.05, 0.1) is 12.2 Å². The first-order chi connectivity index (χ1) is 10.3. The van der Waals surface area contributed by atoms with Gasteiger partial charge in [-0.05, 0) is 73.5 Å². The Balaban J connectivity index is 1.68. The van der Waals surface area contributed by atoms with Gasteiger partial charge >= 0.3 is 0 Å². The summed E-state index contributed by atoms with van der Waals surface area (Å²) in [5, 5.41) is 20.2. The van der Waals surface area contributed by atoms with Crippen LogP contribution in [0.3, 0.4) is 0 Å². The van der Waals surface area contributed by atoms with Crippen molar-refractivity contribution in [3.8, 4) is 0 Å². The van der Waals surface area contributed by atoms with Gasteiger partial charge in [0.2, 0.25) is 0 Å². The van der Waals surface area contributed by atoms with Gasteiger partial charge in [-0.1, -0.05) is 13.8 Å². The van der Waals surface area contributed by atoms with E-state index in [2.05, 4.69) is 13.8 Å². The Morgan fingerprint density at radius 1 is 1.05 bits per heavy atom. The highest BCUT2D eigenvalue weighted by atomic mass is 16.3. The quantitative estimate of drug-likeness (QED) is 0.723. The molecule has 22 heavy (non-hydrogen) atoms. The van der Waals surface area contributed by atoms with Crippen molar-refractivity contribution in [2.24, 2.45) is 34.5 Å². The van der Waals surface area contributed by atoms with Gasteiger partial charge in [-0.3, -0.25) is 4.79 Å². The smallest absolute Gasteiger partial charge is 0.137 e. The van der Waals surface area contributed by atoms with Crippen LogP contribution in [0.1, 0.15) is 65.2 Å². The number of ketones is 1. The minimum Gasteiger partial charge on any atom is -0.393 e. The van der Waals surface area contributed by atoms with E-state index in [1.54, 1.807) is 0 Å². The van der Waals surface area contributed by atoms with Crippen molar-refractivity contribution in [2.75, 3.05) is 0 Å². The van der Waals surface area contributed by atoms with Crippen molar-refractivity contribution in [2.45, 2.75) is 77.4 Å². The van der Waals surface area contributed by atoms with Crippen molar-refractivity contribution in [3.05, 3.63) is 0 Å². The second kappa shape index (κ2) is 4.80. The molecule has 3 nitrogen and oxygen atoms in total. The van der Waals surface area contributed by atoms with E-state index in [9.17, 15) is 15.0 Å². The molecule has 3 heteroatoms. The Bertz CT molecular complexity index is 489. The second-order valence-electron chi connectivity index (χ2n) is 9.35. The van der Waals surface area contributed by atoms with Gasteiger partial charge in [-0.15, -0.1) is 0 Å². The van der Waals surface area contributed by atoms with Crippen LogP contribution in [0, 0.1) is 34.5 Å². The van der Waals surface area contributed by atoms with E-state index in [0.29, 0.717) is 30.0 Å². The molecule has 0 bridgehead atoms. The minimum absolute atomic E-state index is 0.0368. The lowest BCUT2D eigenvalue weighted by molar-refractivity contribution is -0.159. The number of carbonyl (C=O) groups is 1. The summed E-state index contributed by atoms with van der Waals surface area (Å²) < 4.78 is 0. The molecule has 8 atom stereocenters. The summed E-state index contributed by atoms with van der Waals surface area (Å²) >= 11 is 0. The van der Waals surface area contributed by atoms with Crippen LogP contribution < -0.4 is 0 Å². The molecule has 0 aromatic rings. The first kappa shape index (κ1) is 15.1. The van der Waals surface area contributed by atoms with Crippen molar-refractivity contribution in [1.82, 2.24) is 0 Å². The number of rotatable bonds is 0. The normalized spacial score (nSPS) is 57.9. The molecule has 0 radical (unpaired) electrons. The molecule has 4 fully saturated rings. The SMILES string of the molecule is C[C@]12CC(=O)[C@@H]3[C@H](CC[C@H]4C[C@H](O)CC[C@]43C)[C@@H]1C[C@@H](O)C2. The van der Waals surface area contributed by atoms with Gasteiger partial charge in [0.15, 0.2) is 0 Å². The average molecular weight is 306 g/mol. The second-order valence-corrected chi connectivity index (χ2v) is 9.35. The summed E-state index contributed by atoms with van der Waals surface area (Å²) in [6.07, 6.45) is 7.03. The Hall–Kier alpha value is -0.410. The highest BCUT2D eigenvalue weighted by molar-refractivity contribution is 5.84. The molecule has 0 spiro atoms. The Morgan fingerprint density at radius 2 is 1.82 bits per heavy atom. The van der Waals surface area contributed by atoms with Crippen LogP contribution >= 0.6 is 0 Å². The highest BCUT2D eigenvalue weighted by Gasteiger charge is 2.62. The first-order valence-corrected chi connectivity index (χ1v) is 9.22. The average Bonchev–Trinajstić information content (AvgIpc) is 2.73. The van der Waals surface area contributed by atoms with Gasteiger partial charge < -0.3 is 10.2 Å². The zero-order valence-corrected chi connectivity index (χ0v) is 13.9. The molecule has 4 saturated carbocycles. The lowest BCUT2D eigenvalue weighted by Gasteiger charge is -2.59. The summed E-state index contributed by atoms with van der Waals surface area (Å²) in [5.41, 5.74) is 0.128. The maximum atomic E-state index is 13.1. The van der Waals surface area contributed by atoms with Crippen molar-refractivity contribution in [1.29, 1.82) is 0 Å². The number of fused-ring (bicyclic) bond motifs is 5. The molecule has 0 saturated heterocycles. The van der Waals surface area contributed by atoms with Crippen LogP contribution in [0.25, 0.3) is 0 Å². The third-order valence-electron chi connectivity index (χ3n) is 8.06. The predicted molar refractivity (Wildman–Crippen MR) is 84.1 cm³/mol. The summed E-state index contributed by atoms with van der Waals surface area (Å²) in [5.74, 6) is 2.15. The Labute approximate surface area is 133 Å². The summed E-state index contributed by atoms with van der Waals surface area (Å²) in [4.78, 5) is 13.1. The third-order valence-corrected chi connectivity index (χ3v) is 8.06. The maximum absolute atomic E-state index is 13.1. The van der Waals surface area contributed by atoms with Crippen LogP contribution in [0.4, 0.5) is 0 Å². The van der Waals surface area contributed by atoms with E-state index in [-0.39, 0.29) is 29.0 Å². The number of aliphatic hydroxyl groups is 2. The molecule has 0 aromatic carbocycles. The largest absolute Gasteiger partial charge is 0.393 e. The molecule has 2 N–H and O–H groups in total. The molecule has 0 aromatic heterocycles. The van der Waals surface area contributed by atoms with Crippen molar-refractivity contribution >= 4 is 5.78 Å². The molecular formula is C19H30O3. The Morgan fingerprint density at radius 3 is 2.59 bits per heavy atom. The van der Waals surface area contributed by atoms with E-state index in [1.165, 1.54) is 0 Å². The molecule has 4 aliphatic carbocycles. The van der Waals surface area contributed by atoms with Crippen molar-refractivity contribution in [3.63, 3.8) is 0 Å².